The van der Waals surface area contributed by atoms with E-state index in [1.165, 1.54) is 18.3 Å². The van der Waals surface area contributed by atoms with E-state index < -0.39 is 17.7 Å². The van der Waals surface area contributed by atoms with E-state index in [1.54, 1.807) is 39.8 Å². The van der Waals surface area contributed by atoms with Crippen LogP contribution in [0.3, 0.4) is 0 Å². The number of aryl methyl sites for hydroxylation is 2. The van der Waals surface area contributed by atoms with E-state index in [-0.39, 0.29) is 11.4 Å². The van der Waals surface area contributed by atoms with Crippen LogP contribution in [0.15, 0.2) is 30.5 Å². The molecule has 0 bridgehead atoms. The molecule has 0 aliphatic carbocycles. The quantitative estimate of drug-likeness (QED) is 0.909. The van der Waals surface area contributed by atoms with Gasteiger partial charge in [-0.15, -0.1) is 0 Å². The third-order valence-corrected chi connectivity index (χ3v) is 3.24. The molecule has 0 spiro atoms. The van der Waals surface area contributed by atoms with Gasteiger partial charge in [0.15, 0.2) is 5.82 Å². The van der Waals surface area contributed by atoms with Gasteiger partial charge in [-0.1, -0.05) is 0 Å². The molecule has 0 fully saturated rings. The Labute approximate surface area is 146 Å². The highest BCUT2D eigenvalue weighted by Crippen LogP contribution is 2.30. The van der Waals surface area contributed by atoms with Gasteiger partial charge in [0.1, 0.15) is 11.2 Å². The molecular formula is C18H21N3O4. The molecule has 0 aromatic carbocycles. The number of carbonyl (C=O) groups is 2. The highest BCUT2D eigenvalue weighted by Gasteiger charge is 2.30. The number of carboxylic acids is 1. The normalized spacial score (nSPS) is 11.1. The van der Waals surface area contributed by atoms with E-state index in [2.05, 4.69) is 9.97 Å². The van der Waals surface area contributed by atoms with Crippen LogP contribution in [0.4, 0.5) is 16.3 Å². The number of hydrogen-bond donors (Lipinski definition) is 1. The number of amides is 1. The number of aromatic nitrogens is 2. The topological polar surface area (TPSA) is 92.6 Å². The summed E-state index contributed by atoms with van der Waals surface area (Å²) < 4.78 is 5.45. The average Bonchev–Trinajstić information content (AvgIpc) is 2.48. The number of pyridine rings is 2. The molecule has 2 heterocycles. The van der Waals surface area contributed by atoms with Crippen LogP contribution in [0.2, 0.25) is 0 Å². The molecule has 0 saturated heterocycles. The van der Waals surface area contributed by atoms with Crippen molar-refractivity contribution in [1.29, 1.82) is 0 Å². The number of nitrogens with zero attached hydrogens (tertiary/aromatic N) is 3. The molecule has 0 saturated carbocycles. The summed E-state index contributed by atoms with van der Waals surface area (Å²) in [5.41, 5.74) is 0.909. The second-order valence-corrected chi connectivity index (χ2v) is 6.55. The third kappa shape index (κ3) is 4.32. The van der Waals surface area contributed by atoms with E-state index in [9.17, 15) is 14.7 Å². The molecule has 0 aliphatic heterocycles. The first-order valence-corrected chi connectivity index (χ1v) is 7.76. The highest BCUT2D eigenvalue weighted by molar-refractivity contribution is 6.03. The monoisotopic (exact) mass is 343 g/mol. The predicted octanol–water partition coefficient (Wildman–Crippen LogP) is 3.86. The van der Waals surface area contributed by atoms with Crippen molar-refractivity contribution in [3.05, 3.63) is 47.4 Å². The fourth-order valence-corrected chi connectivity index (χ4v) is 2.26. The fraction of sp³-hybridized carbons (Fsp3) is 0.333. The van der Waals surface area contributed by atoms with Crippen LogP contribution >= 0.6 is 0 Å². The van der Waals surface area contributed by atoms with Crippen LogP contribution in [-0.2, 0) is 4.74 Å². The van der Waals surface area contributed by atoms with Gasteiger partial charge in [-0.05, 0) is 58.9 Å². The lowest BCUT2D eigenvalue weighted by Crippen LogP contribution is -2.35. The number of rotatable bonds is 3. The molecule has 0 aliphatic rings. The molecule has 0 unspecified atom stereocenters. The largest absolute Gasteiger partial charge is 0.478 e. The average molecular weight is 343 g/mol. The summed E-state index contributed by atoms with van der Waals surface area (Å²) in [5, 5.41) is 9.45. The lowest BCUT2D eigenvalue weighted by atomic mass is 10.2. The summed E-state index contributed by atoms with van der Waals surface area (Å²) >= 11 is 0. The van der Waals surface area contributed by atoms with Gasteiger partial charge in [-0.2, -0.15) is 0 Å². The van der Waals surface area contributed by atoms with E-state index >= 15 is 0 Å². The lowest BCUT2D eigenvalue weighted by molar-refractivity contribution is 0.0597. The van der Waals surface area contributed by atoms with E-state index in [0.717, 1.165) is 10.6 Å². The first kappa shape index (κ1) is 18.4. The maximum Gasteiger partial charge on any atom is 0.420 e. The number of carbonyl (C=O) groups excluding carboxylic acids is 1. The number of ether oxygens (including phenoxy) is 1. The summed E-state index contributed by atoms with van der Waals surface area (Å²) in [7, 11) is 0. The van der Waals surface area contributed by atoms with E-state index in [0.29, 0.717) is 11.4 Å². The fourth-order valence-electron chi connectivity index (χ4n) is 2.26. The Hall–Kier alpha value is -2.96. The van der Waals surface area contributed by atoms with E-state index in [1.807, 2.05) is 6.92 Å². The van der Waals surface area contributed by atoms with Gasteiger partial charge in [-0.3, -0.25) is 4.98 Å². The summed E-state index contributed by atoms with van der Waals surface area (Å²) in [4.78, 5) is 34.0. The van der Waals surface area contributed by atoms with Crippen molar-refractivity contribution in [3.63, 3.8) is 0 Å². The summed E-state index contributed by atoms with van der Waals surface area (Å²) in [6, 6.07) is 6.32. The predicted molar refractivity (Wildman–Crippen MR) is 93.3 cm³/mol. The Balaban J connectivity index is 2.65. The first-order chi connectivity index (χ1) is 11.6. The molecule has 7 heteroatoms. The van der Waals surface area contributed by atoms with Crippen molar-refractivity contribution in [2.24, 2.45) is 0 Å². The zero-order valence-corrected chi connectivity index (χ0v) is 14.9. The lowest BCUT2D eigenvalue weighted by Gasteiger charge is -2.28. The molecule has 1 amide bonds. The van der Waals surface area contributed by atoms with Crippen molar-refractivity contribution >= 4 is 23.6 Å². The zero-order valence-electron chi connectivity index (χ0n) is 14.9. The van der Waals surface area contributed by atoms with Crippen molar-refractivity contribution in [2.75, 3.05) is 4.90 Å². The Bertz CT molecular complexity index is 812. The van der Waals surface area contributed by atoms with Gasteiger partial charge < -0.3 is 9.84 Å². The van der Waals surface area contributed by atoms with Crippen LogP contribution in [0.1, 0.15) is 42.5 Å². The maximum atomic E-state index is 12.8. The van der Waals surface area contributed by atoms with Crippen molar-refractivity contribution in [3.8, 4) is 0 Å². The molecule has 2 rings (SSSR count). The maximum absolute atomic E-state index is 12.8. The van der Waals surface area contributed by atoms with Gasteiger partial charge in [-0.25, -0.2) is 19.5 Å². The molecule has 132 valence electrons. The van der Waals surface area contributed by atoms with Crippen LogP contribution in [-0.4, -0.2) is 32.7 Å². The minimum absolute atomic E-state index is 0.0157. The first-order valence-electron chi connectivity index (χ1n) is 7.76. The molecule has 2 aromatic heterocycles. The number of anilines is 2. The SMILES string of the molecule is Cc1ccc(N(C(=O)OC(C)(C)C)c2ncccc2C(=O)O)c(C)n1. The minimum Gasteiger partial charge on any atom is -0.478 e. The Kier molecular flexibility index (Phi) is 5.06. The Morgan fingerprint density at radius 3 is 2.40 bits per heavy atom. The summed E-state index contributed by atoms with van der Waals surface area (Å²) in [5.74, 6) is -1.20. The van der Waals surface area contributed by atoms with Gasteiger partial charge >= 0.3 is 12.1 Å². The molecule has 7 nitrogen and oxygen atoms in total. The summed E-state index contributed by atoms with van der Waals surface area (Å²) in [6.45, 7) is 8.78. The molecular weight excluding hydrogens is 322 g/mol. The molecule has 2 aromatic rings. The Morgan fingerprint density at radius 1 is 1.16 bits per heavy atom. The minimum atomic E-state index is -1.19. The number of aromatic carboxylic acids is 1. The van der Waals surface area contributed by atoms with E-state index in [4.69, 9.17) is 4.74 Å². The van der Waals surface area contributed by atoms with Crippen molar-refractivity contribution in [1.82, 2.24) is 9.97 Å². The second-order valence-electron chi connectivity index (χ2n) is 6.55. The molecule has 0 atom stereocenters. The highest BCUT2D eigenvalue weighted by atomic mass is 16.6. The van der Waals surface area contributed by atoms with Crippen molar-refractivity contribution < 1.29 is 19.4 Å². The van der Waals surface area contributed by atoms with Gasteiger partial charge in [0.25, 0.3) is 0 Å². The van der Waals surface area contributed by atoms with Crippen LogP contribution in [0.5, 0.6) is 0 Å². The molecule has 1 N–H and O–H groups in total. The van der Waals surface area contributed by atoms with Crippen LogP contribution in [0, 0.1) is 13.8 Å². The second kappa shape index (κ2) is 6.88. The van der Waals surface area contributed by atoms with Crippen molar-refractivity contribution in [2.45, 2.75) is 40.2 Å². The molecule has 25 heavy (non-hydrogen) atoms. The summed E-state index contributed by atoms with van der Waals surface area (Å²) in [6.07, 6.45) is 0.707. The zero-order chi connectivity index (χ0) is 18.8. The Morgan fingerprint density at radius 2 is 1.84 bits per heavy atom. The number of hydrogen-bond acceptors (Lipinski definition) is 5. The van der Waals surface area contributed by atoms with Crippen LogP contribution in [0.25, 0.3) is 0 Å². The van der Waals surface area contributed by atoms with Gasteiger partial charge in [0.05, 0.1) is 11.4 Å². The van der Waals surface area contributed by atoms with Gasteiger partial charge in [0.2, 0.25) is 0 Å². The van der Waals surface area contributed by atoms with Crippen LogP contribution < -0.4 is 4.90 Å². The standard InChI is InChI=1S/C18H21N3O4/c1-11-8-9-14(12(2)20-11)21(17(24)25-18(3,4)5)15-13(16(22)23)7-6-10-19-15/h6-10H,1-5H3,(H,22,23). The van der Waals surface area contributed by atoms with Gasteiger partial charge in [0, 0.05) is 11.9 Å². The third-order valence-electron chi connectivity index (χ3n) is 3.24. The smallest absolute Gasteiger partial charge is 0.420 e. The number of carboxylic acid groups (broad SMARTS) is 1. The molecule has 0 radical (unpaired) electrons.